The fourth-order valence-electron chi connectivity index (χ4n) is 6.74. The van der Waals surface area contributed by atoms with Crippen LogP contribution < -0.4 is 21.3 Å². The van der Waals surface area contributed by atoms with E-state index in [4.69, 9.17) is 4.84 Å². The normalized spacial score (nSPS) is 13.2. The molecule has 0 aliphatic rings. The first-order chi connectivity index (χ1) is 29.1. The molecular weight excluding hydrogens is 761 g/mol. The summed E-state index contributed by atoms with van der Waals surface area (Å²) in [6.07, 6.45) is 5.56. The zero-order valence-electron chi connectivity index (χ0n) is 34.1. The van der Waals surface area contributed by atoms with E-state index in [-0.39, 0.29) is 43.6 Å². The van der Waals surface area contributed by atoms with Gasteiger partial charge in [-0.3, -0.25) is 19.2 Å². The molecule has 13 nitrogen and oxygen atoms in total. The van der Waals surface area contributed by atoms with Crippen molar-refractivity contribution >= 4 is 46.7 Å². The Morgan fingerprint density at radius 1 is 0.733 bits per heavy atom. The molecule has 0 saturated heterocycles. The predicted octanol–water partition coefficient (Wildman–Crippen LogP) is 6.08. The van der Waals surface area contributed by atoms with Gasteiger partial charge in [0.1, 0.15) is 30.9 Å². The van der Waals surface area contributed by atoms with Crippen LogP contribution in [0, 0.1) is 5.92 Å². The van der Waals surface area contributed by atoms with Crippen molar-refractivity contribution in [1.82, 2.24) is 26.3 Å². The number of para-hydroxylation sites is 1. The number of unbranched alkanes of at least 4 members (excludes halogenated alkanes) is 2. The van der Waals surface area contributed by atoms with Gasteiger partial charge in [0.25, 0.3) is 5.91 Å². The van der Waals surface area contributed by atoms with E-state index < -0.39 is 35.9 Å². The molecule has 0 bridgehead atoms. The zero-order chi connectivity index (χ0) is 42.7. The Bertz CT molecular complexity index is 2190. The van der Waals surface area contributed by atoms with Gasteiger partial charge in [-0.1, -0.05) is 135 Å². The van der Waals surface area contributed by atoms with Crippen LogP contribution in [0.25, 0.3) is 22.0 Å². The van der Waals surface area contributed by atoms with Gasteiger partial charge in [0.2, 0.25) is 17.7 Å². The number of aliphatic carboxylic acids is 1. The minimum atomic E-state index is -1.18. The first-order valence-electron chi connectivity index (χ1n) is 20.4. The minimum Gasteiger partial charge on any atom is -0.480 e. The van der Waals surface area contributed by atoms with E-state index in [1.54, 1.807) is 6.20 Å². The highest BCUT2D eigenvalue weighted by Crippen LogP contribution is 2.21. The SMILES string of the molecule is CC[C@H](C)[C@H](NC(=O)CCCCCNC(=O)[C@H](Cc1ccccc1)NC(=O)/C=N/OCc1ccc(-c2ccccc2)cc1)C(=O)N[C@@H](Cc1c[nH]c2ccccc12)C(=O)O. The second-order valence-electron chi connectivity index (χ2n) is 14.8. The molecule has 60 heavy (non-hydrogen) atoms. The van der Waals surface area contributed by atoms with E-state index in [0.717, 1.165) is 44.9 Å². The molecule has 4 amide bonds. The van der Waals surface area contributed by atoms with Gasteiger partial charge in [0.15, 0.2) is 0 Å². The number of aromatic nitrogens is 1. The molecule has 4 aromatic carbocycles. The quantitative estimate of drug-likeness (QED) is 0.0261. The second kappa shape index (κ2) is 23.0. The minimum absolute atomic E-state index is 0.0810. The Hall–Kier alpha value is -6.76. The number of hydrogen-bond acceptors (Lipinski definition) is 7. The maximum Gasteiger partial charge on any atom is 0.326 e. The highest BCUT2D eigenvalue weighted by atomic mass is 16.6. The largest absolute Gasteiger partial charge is 0.480 e. The molecule has 0 unspecified atom stereocenters. The third-order valence-corrected chi connectivity index (χ3v) is 10.4. The number of rotatable bonds is 23. The first kappa shape index (κ1) is 44.3. The molecule has 5 aromatic rings. The average Bonchev–Trinajstić information content (AvgIpc) is 3.68. The van der Waals surface area contributed by atoms with Crippen LogP contribution in [0.1, 0.15) is 62.6 Å². The summed E-state index contributed by atoms with van der Waals surface area (Å²) in [5.74, 6) is -3.20. The predicted molar refractivity (Wildman–Crippen MR) is 232 cm³/mol. The van der Waals surface area contributed by atoms with Crippen molar-refractivity contribution in [3.63, 3.8) is 0 Å². The summed E-state index contributed by atoms with van der Waals surface area (Å²) in [4.78, 5) is 73.1. The molecular formula is C47H54N6O7. The number of benzene rings is 4. The number of carboxylic acid groups (broad SMARTS) is 1. The number of carboxylic acids is 1. The zero-order valence-corrected chi connectivity index (χ0v) is 34.1. The van der Waals surface area contributed by atoms with Crippen molar-refractivity contribution in [2.75, 3.05) is 6.54 Å². The number of carbonyl (C=O) groups is 5. The Balaban J connectivity index is 1.04. The van der Waals surface area contributed by atoms with E-state index in [1.807, 2.05) is 123 Å². The topological polar surface area (TPSA) is 191 Å². The van der Waals surface area contributed by atoms with Gasteiger partial charge in [-0.15, -0.1) is 0 Å². The van der Waals surface area contributed by atoms with Crippen molar-refractivity contribution in [3.05, 3.63) is 132 Å². The molecule has 0 radical (unpaired) electrons. The van der Waals surface area contributed by atoms with Crippen LogP contribution in [0.5, 0.6) is 0 Å². The summed E-state index contributed by atoms with van der Waals surface area (Å²) >= 11 is 0. The molecule has 0 aliphatic heterocycles. The highest BCUT2D eigenvalue weighted by Gasteiger charge is 2.30. The van der Waals surface area contributed by atoms with Gasteiger partial charge in [0.05, 0.1) is 0 Å². The van der Waals surface area contributed by atoms with Gasteiger partial charge in [0, 0.05) is 42.9 Å². The standard InChI is InChI=1S/C47H54N6O7/c1-3-32(2)44(46(57)52-41(47(58)59)28-37-29-49-39-20-13-12-19-38(37)39)53-42(54)21-11-6-14-26-48-45(56)40(27-33-15-7-4-8-16-33)51-43(55)30-50-60-31-34-22-24-36(25-23-34)35-17-9-5-10-18-35/h4-5,7-10,12-13,15-20,22-25,29-30,32,40-41,44,49H,3,6,11,14,21,26-28,31H2,1-2H3,(H,48,56)(H,51,55)(H,52,57)(H,53,54)(H,58,59)/b50-30+/t32-,40-,41-,44-/m0/s1. The molecule has 0 spiro atoms. The monoisotopic (exact) mass is 814 g/mol. The number of nitrogens with zero attached hydrogens (tertiary/aromatic N) is 1. The third kappa shape index (κ3) is 13.7. The maximum atomic E-state index is 13.4. The lowest BCUT2D eigenvalue weighted by molar-refractivity contribution is -0.142. The van der Waals surface area contributed by atoms with E-state index in [1.165, 1.54) is 0 Å². The van der Waals surface area contributed by atoms with Crippen LogP contribution in [0.15, 0.2) is 121 Å². The van der Waals surface area contributed by atoms with Crippen molar-refractivity contribution in [2.24, 2.45) is 11.1 Å². The molecule has 6 N–H and O–H groups in total. The van der Waals surface area contributed by atoms with E-state index in [0.29, 0.717) is 32.2 Å². The third-order valence-electron chi connectivity index (χ3n) is 10.4. The number of oxime groups is 1. The number of fused-ring (bicyclic) bond motifs is 1. The Labute approximate surface area is 350 Å². The number of carbonyl (C=O) groups excluding carboxylic acids is 4. The average molecular weight is 815 g/mol. The summed E-state index contributed by atoms with van der Waals surface area (Å²) < 4.78 is 0. The first-order valence-corrected chi connectivity index (χ1v) is 20.4. The summed E-state index contributed by atoms with van der Waals surface area (Å²) in [5, 5.41) is 25.7. The molecule has 314 valence electrons. The summed E-state index contributed by atoms with van der Waals surface area (Å²) in [5.41, 5.74) is 5.58. The number of aromatic amines is 1. The maximum absolute atomic E-state index is 13.4. The van der Waals surface area contributed by atoms with Crippen LogP contribution in [0.2, 0.25) is 0 Å². The number of nitrogens with one attached hydrogen (secondary N) is 5. The molecule has 1 heterocycles. The van der Waals surface area contributed by atoms with E-state index in [2.05, 4.69) is 31.4 Å². The van der Waals surface area contributed by atoms with Crippen LogP contribution in [0.3, 0.4) is 0 Å². The lowest BCUT2D eigenvalue weighted by atomic mass is 9.97. The van der Waals surface area contributed by atoms with Crippen LogP contribution >= 0.6 is 0 Å². The van der Waals surface area contributed by atoms with Crippen molar-refractivity contribution < 1.29 is 33.9 Å². The van der Waals surface area contributed by atoms with Crippen molar-refractivity contribution in [3.8, 4) is 11.1 Å². The molecule has 4 atom stereocenters. The van der Waals surface area contributed by atoms with Gasteiger partial charge in [-0.05, 0) is 52.6 Å². The molecule has 5 rings (SSSR count). The van der Waals surface area contributed by atoms with Gasteiger partial charge < -0.3 is 36.2 Å². The molecule has 0 aliphatic carbocycles. The summed E-state index contributed by atoms with van der Waals surface area (Å²) in [6.45, 7) is 4.23. The van der Waals surface area contributed by atoms with Crippen LogP contribution in [-0.2, 0) is 48.3 Å². The van der Waals surface area contributed by atoms with Crippen molar-refractivity contribution in [1.29, 1.82) is 0 Å². The Morgan fingerprint density at radius 3 is 2.13 bits per heavy atom. The summed E-state index contributed by atoms with van der Waals surface area (Å²) in [6, 6.07) is 31.8. The number of amides is 4. The lowest BCUT2D eigenvalue weighted by Gasteiger charge is -2.25. The fraction of sp³-hybridized carbons (Fsp3) is 0.319. The Morgan fingerprint density at radius 2 is 1.42 bits per heavy atom. The fourth-order valence-corrected chi connectivity index (χ4v) is 6.74. The highest BCUT2D eigenvalue weighted by molar-refractivity contribution is 6.26. The van der Waals surface area contributed by atoms with E-state index >= 15 is 0 Å². The number of hydrogen-bond donors (Lipinski definition) is 6. The summed E-state index contributed by atoms with van der Waals surface area (Å²) in [7, 11) is 0. The Kier molecular flexibility index (Phi) is 17.0. The molecule has 0 fully saturated rings. The van der Waals surface area contributed by atoms with Crippen LogP contribution in [0.4, 0.5) is 0 Å². The van der Waals surface area contributed by atoms with Crippen molar-refractivity contribution in [2.45, 2.75) is 83.5 Å². The molecule has 1 aromatic heterocycles. The lowest BCUT2D eigenvalue weighted by Crippen LogP contribution is -2.54. The molecule has 0 saturated carbocycles. The smallest absolute Gasteiger partial charge is 0.326 e. The van der Waals surface area contributed by atoms with Gasteiger partial charge >= 0.3 is 5.97 Å². The molecule has 13 heteroatoms. The van der Waals surface area contributed by atoms with E-state index in [9.17, 15) is 29.1 Å². The number of H-pyrrole nitrogens is 1. The second-order valence-corrected chi connectivity index (χ2v) is 14.8. The van der Waals surface area contributed by atoms with Gasteiger partial charge in [-0.25, -0.2) is 4.79 Å². The van der Waals surface area contributed by atoms with Crippen LogP contribution in [-0.4, -0.2) is 70.6 Å². The van der Waals surface area contributed by atoms with Gasteiger partial charge in [-0.2, -0.15) is 0 Å².